The number of sulfonamides is 1. The van der Waals surface area contributed by atoms with Crippen LogP contribution in [0.5, 0.6) is 0 Å². The van der Waals surface area contributed by atoms with Crippen molar-refractivity contribution in [3.8, 4) is 0 Å². The van der Waals surface area contributed by atoms with E-state index in [4.69, 9.17) is 0 Å². The summed E-state index contributed by atoms with van der Waals surface area (Å²) in [6, 6.07) is 12.6. The maximum atomic E-state index is 13.5. The molecule has 0 amide bonds. The number of hydrogen-bond donors (Lipinski definition) is 1. The van der Waals surface area contributed by atoms with Crippen molar-refractivity contribution in [1.29, 1.82) is 0 Å². The molecule has 2 aromatic carbocycles. The number of hydrogen-bond acceptors (Lipinski definition) is 4. The number of carboxylic acid groups (broad SMARTS) is 1. The summed E-state index contributed by atoms with van der Waals surface area (Å²) in [5.74, 6) is -0.496. The van der Waals surface area contributed by atoms with Crippen molar-refractivity contribution in [3.05, 3.63) is 57.2 Å². The van der Waals surface area contributed by atoms with E-state index in [9.17, 15) is 18.3 Å². The van der Waals surface area contributed by atoms with Gasteiger partial charge in [-0.15, -0.1) is 11.8 Å². The molecule has 5 nitrogen and oxygen atoms in total. The Kier molecular flexibility index (Phi) is 12.9. The van der Waals surface area contributed by atoms with Gasteiger partial charge in [-0.2, -0.15) is 4.31 Å². The molecule has 34 heavy (non-hydrogen) atoms. The number of aromatic carboxylic acids is 1. The molecule has 0 saturated carbocycles. The van der Waals surface area contributed by atoms with Crippen molar-refractivity contribution >= 4 is 50.3 Å². The van der Waals surface area contributed by atoms with E-state index in [1.807, 2.05) is 24.3 Å². The lowest BCUT2D eigenvalue weighted by molar-refractivity contribution is 0.0693. The van der Waals surface area contributed by atoms with Crippen molar-refractivity contribution < 1.29 is 18.3 Å². The van der Waals surface area contributed by atoms with E-state index in [1.165, 1.54) is 17.8 Å². The van der Waals surface area contributed by atoms with Crippen LogP contribution in [0.4, 0.5) is 0 Å². The van der Waals surface area contributed by atoms with Crippen LogP contribution in [0.2, 0.25) is 0 Å². The maximum Gasteiger partial charge on any atom is 0.336 e. The topological polar surface area (TPSA) is 74.7 Å². The molecule has 1 N–H and O–H groups in total. The second-order valence-corrected chi connectivity index (χ2v) is 12.6. The highest BCUT2D eigenvalue weighted by Crippen LogP contribution is 2.30. The zero-order valence-corrected chi connectivity index (χ0v) is 23.9. The van der Waals surface area contributed by atoms with Gasteiger partial charge in [0.1, 0.15) is 0 Å². The summed E-state index contributed by atoms with van der Waals surface area (Å²) in [4.78, 5) is 12.6. The van der Waals surface area contributed by atoms with Crippen LogP contribution >= 0.6 is 34.4 Å². The Morgan fingerprint density at radius 2 is 1.50 bits per heavy atom. The number of benzene rings is 2. The normalized spacial score (nSPS) is 11.8. The molecule has 8 heteroatoms. The summed E-state index contributed by atoms with van der Waals surface area (Å²) in [5, 5.41) is 9.81. The molecule has 0 saturated heterocycles. The number of halogens is 1. The molecular weight excluding hydrogens is 581 g/mol. The lowest BCUT2D eigenvalue weighted by Crippen LogP contribution is -2.33. The molecule has 2 aromatic rings. The van der Waals surface area contributed by atoms with Crippen LogP contribution in [0.25, 0.3) is 0 Å². The fourth-order valence-corrected chi connectivity index (χ4v) is 6.52. The van der Waals surface area contributed by atoms with Gasteiger partial charge in [0, 0.05) is 27.3 Å². The number of rotatable bonds is 16. The first kappa shape index (κ1) is 29.1. The highest BCUT2D eigenvalue weighted by Gasteiger charge is 2.26. The van der Waals surface area contributed by atoms with Crippen molar-refractivity contribution in [1.82, 2.24) is 4.31 Å². The van der Waals surface area contributed by atoms with Gasteiger partial charge in [0.05, 0.1) is 10.5 Å². The minimum Gasteiger partial charge on any atom is -0.478 e. The first-order valence-corrected chi connectivity index (χ1v) is 15.5. The molecule has 0 aliphatic carbocycles. The third kappa shape index (κ3) is 9.17. The third-order valence-corrected chi connectivity index (χ3v) is 9.41. The van der Waals surface area contributed by atoms with E-state index < -0.39 is 16.0 Å². The van der Waals surface area contributed by atoms with E-state index in [2.05, 4.69) is 36.4 Å². The average molecular weight is 618 g/mol. The molecule has 0 atom stereocenters. The molecular formula is C26H36INO4S2. The van der Waals surface area contributed by atoms with Crippen LogP contribution in [-0.4, -0.2) is 36.9 Å². The van der Waals surface area contributed by atoms with Crippen LogP contribution < -0.4 is 0 Å². The zero-order valence-electron chi connectivity index (χ0n) is 20.1. The van der Waals surface area contributed by atoms with E-state index in [0.29, 0.717) is 23.7 Å². The quantitative estimate of drug-likeness (QED) is 0.121. The number of unbranched alkanes of at least 4 members (excludes halogenated alkanes) is 6. The van der Waals surface area contributed by atoms with Crippen LogP contribution in [0.3, 0.4) is 0 Å². The Morgan fingerprint density at radius 1 is 0.912 bits per heavy atom. The Bertz CT molecular complexity index is 998. The molecule has 0 spiro atoms. The standard InChI is InChI=1S/C26H36INO4S2/c1-3-5-7-9-17-28(18-10-8-6-4-2)34(31,32)23-15-16-25(24(19-23)26(29)30)33-20-21-11-13-22(27)14-12-21/h11-16,19H,3-10,17-18,20H2,1-2H3,(H,29,30). The van der Waals surface area contributed by atoms with Crippen molar-refractivity contribution in [2.24, 2.45) is 0 Å². The average Bonchev–Trinajstić information content (AvgIpc) is 2.82. The van der Waals surface area contributed by atoms with Crippen molar-refractivity contribution in [3.63, 3.8) is 0 Å². The first-order valence-electron chi connectivity index (χ1n) is 12.0. The van der Waals surface area contributed by atoms with Gasteiger partial charge in [-0.1, -0.05) is 64.5 Å². The smallest absolute Gasteiger partial charge is 0.336 e. The van der Waals surface area contributed by atoms with Gasteiger partial charge in [0.2, 0.25) is 10.0 Å². The van der Waals surface area contributed by atoms with E-state index in [0.717, 1.165) is 60.5 Å². The van der Waals surface area contributed by atoms with Crippen LogP contribution in [0.15, 0.2) is 52.3 Å². The molecule has 0 radical (unpaired) electrons. The van der Waals surface area contributed by atoms with E-state index in [-0.39, 0.29) is 10.5 Å². The lowest BCUT2D eigenvalue weighted by Gasteiger charge is -2.23. The monoisotopic (exact) mass is 617 g/mol. The second kappa shape index (κ2) is 15.1. The van der Waals surface area contributed by atoms with E-state index >= 15 is 0 Å². The first-order chi connectivity index (χ1) is 16.3. The van der Waals surface area contributed by atoms with Gasteiger partial charge in [0.25, 0.3) is 0 Å². The predicted octanol–water partition coefficient (Wildman–Crippen LogP) is 7.43. The molecule has 0 heterocycles. The largest absolute Gasteiger partial charge is 0.478 e. The summed E-state index contributed by atoms with van der Waals surface area (Å²) in [5.41, 5.74) is 1.12. The van der Waals surface area contributed by atoms with Crippen LogP contribution in [0, 0.1) is 3.57 Å². The highest BCUT2D eigenvalue weighted by atomic mass is 127. The van der Waals surface area contributed by atoms with Crippen molar-refractivity contribution in [2.75, 3.05) is 13.1 Å². The zero-order chi connectivity index (χ0) is 25.0. The van der Waals surface area contributed by atoms with Gasteiger partial charge in [-0.25, -0.2) is 13.2 Å². The molecule has 0 bridgehead atoms. The van der Waals surface area contributed by atoms with Gasteiger partial charge in [-0.3, -0.25) is 0 Å². The van der Waals surface area contributed by atoms with Crippen LogP contribution in [0.1, 0.15) is 81.1 Å². The summed E-state index contributed by atoms with van der Waals surface area (Å²) in [6.45, 7) is 5.20. The van der Waals surface area contributed by atoms with Crippen LogP contribution in [-0.2, 0) is 15.8 Å². The van der Waals surface area contributed by atoms with Gasteiger partial charge in [0.15, 0.2) is 0 Å². The number of carboxylic acids is 1. The molecule has 0 aromatic heterocycles. The molecule has 2 rings (SSSR count). The minimum absolute atomic E-state index is 0.0357. The fraction of sp³-hybridized carbons (Fsp3) is 0.500. The highest BCUT2D eigenvalue weighted by molar-refractivity contribution is 14.1. The third-order valence-electron chi connectivity index (χ3n) is 5.65. The minimum atomic E-state index is -3.76. The Hall–Kier alpha value is -1.10. The maximum absolute atomic E-state index is 13.5. The molecule has 0 unspecified atom stereocenters. The fourth-order valence-electron chi connectivity index (χ4n) is 3.64. The summed E-state index contributed by atoms with van der Waals surface area (Å²) in [6.07, 6.45) is 7.96. The summed E-state index contributed by atoms with van der Waals surface area (Å²) < 4.78 is 29.7. The Labute approximate surface area is 222 Å². The summed E-state index contributed by atoms with van der Waals surface area (Å²) in [7, 11) is -3.76. The Balaban J connectivity index is 2.22. The van der Waals surface area contributed by atoms with Gasteiger partial charge < -0.3 is 5.11 Å². The Morgan fingerprint density at radius 3 is 2.03 bits per heavy atom. The molecule has 0 aliphatic rings. The molecule has 0 aliphatic heterocycles. The summed E-state index contributed by atoms with van der Waals surface area (Å²) >= 11 is 3.65. The molecule has 0 fully saturated rings. The van der Waals surface area contributed by atoms with E-state index in [1.54, 1.807) is 16.4 Å². The number of nitrogens with zero attached hydrogens (tertiary/aromatic N) is 1. The van der Waals surface area contributed by atoms with Gasteiger partial charge >= 0.3 is 5.97 Å². The SMILES string of the molecule is CCCCCCN(CCCCCC)S(=O)(=O)c1ccc(SCc2ccc(I)cc2)c(C(=O)O)c1. The number of thioether (sulfide) groups is 1. The lowest BCUT2D eigenvalue weighted by atomic mass is 10.2. The second-order valence-electron chi connectivity index (χ2n) is 8.40. The van der Waals surface area contributed by atoms with Crippen molar-refractivity contribution in [2.45, 2.75) is 80.8 Å². The van der Waals surface area contributed by atoms with Gasteiger partial charge in [-0.05, 0) is 71.3 Å². The predicted molar refractivity (Wildman–Crippen MR) is 149 cm³/mol. The number of carbonyl (C=O) groups is 1. The molecule has 188 valence electrons.